The first kappa shape index (κ1) is 46.1. The summed E-state index contributed by atoms with van der Waals surface area (Å²) >= 11 is 1.75. The lowest BCUT2D eigenvalue weighted by Gasteiger charge is -2.40. The van der Waals surface area contributed by atoms with Gasteiger partial charge in [0, 0.05) is 78.7 Å². The summed E-state index contributed by atoms with van der Waals surface area (Å²) in [4.78, 5) is 15.6. The molecular formula is C42H51Cl3N4O6S. The van der Waals surface area contributed by atoms with Crippen LogP contribution >= 0.6 is 49.0 Å². The lowest BCUT2D eigenvalue weighted by Crippen LogP contribution is -2.44. The van der Waals surface area contributed by atoms with Crippen LogP contribution in [0.3, 0.4) is 0 Å². The average Bonchev–Trinajstić information content (AvgIpc) is 3.22. The van der Waals surface area contributed by atoms with Crippen LogP contribution in [0, 0.1) is 0 Å². The Kier molecular flexibility index (Phi) is 18.0. The Bertz CT molecular complexity index is 1950. The molecule has 1 aliphatic rings. The van der Waals surface area contributed by atoms with Crippen molar-refractivity contribution in [2.75, 3.05) is 66.9 Å². The number of halogens is 3. The topological polar surface area (TPSA) is 87.6 Å². The molecule has 1 aliphatic heterocycles. The van der Waals surface area contributed by atoms with Crippen LogP contribution in [0.2, 0.25) is 0 Å². The van der Waals surface area contributed by atoms with Crippen LogP contribution < -0.4 is 33.3 Å². The van der Waals surface area contributed by atoms with Gasteiger partial charge in [-0.2, -0.15) is 0 Å². The minimum Gasteiger partial charge on any atom is -0.493 e. The van der Waals surface area contributed by atoms with E-state index in [9.17, 15) is 0 Å². The number of pyridine rings is 2. The minimum atomic E-state index is 0. The number of methoxy groups -OCH3 is 6. The van der Waals surface area contributed by atoms with Crippen LogP contribution in [-0.2, 0) is 13.1 Å². The summed E-state index contributed by atoms with van der Waals surface area (Å²) < 4.78 is 33.5. The van der Waals surface area contributed by atoms with Gasteiger partial charge in [0.1, 0.15) is 0 Å². The summed E-state index contributed by atoms with van der Waals surface area (Å²) in [7, 11) is 9.75. The fourth-order valence-electron chi connectivity index (χ4n) is 7.01. The molecule has 0 bridgehead atoms. The van der Waals surface area contributed by atoms with Gasteiger partial charge in [0.2, 0.25) is 11.5 Å². The average molecular weight is 846 g/mol. The second-order valence-corrected chi connectivity index (χ2v) is 13.7. The molecule has 56 heavy (non-hydrogen) atoms. The van der Waals surface area contributed by atoms with Crippen molar-refractivity contribution in [1.29, 1.82) is 0 Å². The number of hydrogen-bond acceptors (Lipinski definition) is 11. The summed E-state index contributed by atoms with van der Waals surface area (Å²) in [6, 6.07) is 21.5. The Morgan fingerprint density at radius 3 is 1.46 bits per heavy atom. The van der Waals surface area contributed by atoms with E-state index in [1.54, 1.807) is 54.4 Å². The van der Waals surface area contributed by atoms with E-state index in [1.807, 2.05) is 49.1 Å². The van der Waals surface area contributed by atoms with Crippen molar-refractivity contribution in [1.82, 2.24) is 14.9 Å². The van der Waals surface area contributed by atoms with Crippen LogP contribution in [0.15, 0.2) is 90.3 Å². The summed E-state index contributed by atoms with van der Waals surface area (Å²) in [5.41, 5.74) is 7.38. The number of benzene rings is 3. The third-order valence-electron chi connectivity index (χ3n) is 9.75. The molecular weight excluding hydrogens is 795 g/mol. The smallest absolute Gasteiger partial charge is 0.203 e. The van der Waals surface area contributed by atoms with Crippen molar-refractivity contribution in [3.05, 3.63) is 96.6 Å². The highest BCUT2D eigenvalue weighted by atomic mass is 35.5. The quantitative estimate of drug-likeness (QED) is 0.0945. The van der Waals surface area contributed by atoms with E-state index in [0.29, 0.717) is 40.5 Å². The normalized spacial score (nSPS) is 12.6. The first-order valence-corrected chi connectivity index (χ1v) is 18.8. The van der Waals surface area contributed by atoms with Crippen LogP contribution in [-0.4, -0.2) is 82.9 Å². The molecule has 0 atom stereocenters. The van der Waals surface area contributed by atoms with E-state index in [1.165, 1.54) is 10.6 Å². The molecule has 2 aromatic heterocycles. The number of hydrogen-bond donors (Lipinski definition) is 0. The van der Waals surface area contributed by atoms with Gasteiger partial charge in [0.25, 0.3) is 0 Å². The molecule has 3 heterocycles. The predicted molar refractivity (Wildman–Crippen MR) is 233 cm³/mol. The van der Waals surface area contributed by atoms with E-state index in [-0.39, 0.29) is 37.2 Å². The second kappa shape index (κ2) is 21.9. The van der Waals surface area contributed by atoms with E-state index < -0.39 is 0 Å². The SMILES string of the molecule is COc1cc(-c2cncc(CN3CCC(N(Cc4cncc(-c5cc(OC)c(OC)c(OC)c5)c4)c4ccc(SC)cc4)CC3)c2)cc(OC)c1OC.Cl.Cl.Cl. The molecule has 5 aromatic rings. The third kappa shape index (κ3) is 10.6. The number of anilines is 1. The number of thioether (sulfide) groups is 1. The van der Waals surface area contributed by atoms with Gasteiger partial charge in [0.15, 0.2) is 23.0 Å². The third-order valence-corrected chi connectivity index (χ3v) is 10.5. The predicted octanol–water partition coefficient (Wildman–Crippen LogP) is 9.52. The first-order chi connectivity index (χ1) is 25.9. The fraction of sp³-hybridized carbons (Fsp3) is 0.333. The van der Waals surface area contributed by atoms with Gasteiger partial charge >= 0.3 is 0 Å². The number of piperidine rings is 1. The van der Waals surface area contributed by atoms with Crippen molar-refractivity contribution >= 4 is 54.7 Å². The molecule has 0 saturated carbocycles. The molecule has 0 unspecified atom stereocenters. The maximum Gasteiger partial charge on any atom is 0.203 e. The lowest BCUT2D eigenvalue weighted by atomic mass is 9.99. The van der Waals surface area contributed by atoms with E-state index in [0.717, 1.165) is 72.4 Å². The zero-order valence-corrected chi connectivity index (χ0v) is 36.0. The highest BCUT2D eigenvalue weighted by Gasteiger charge is 2.26. The van der Waals surface area contributed by atoms with Gasteiger partial charge < -0.3 is 33.3 Å². The Morgan fingerprint density at radius 1 is 0.589 bits per heavy atom. The minimum absolute atomic E-state index is 0. The molecule has 0 N–H and O–H groups in total. The maximum absolute atomic E-state index is 5.63. The molecule has 302 valence electrons. The van der Waals surface area contributed by atoms with Gasteiger partial charge in [-0.3, -0.25) is 14.9 Å². The highest BCUT2D eigenvalue weighted by molar-refractivity contribution is 7.98. The largest absolute Gasteiger partial charge is 0.493 e. The summed E-state index contributed by atoms with van der Waals surface area (Å²) in [5, 5.41) is 0. The van der Waals surface area contributed by atoms with Gasteiger partial charge in [0.05, 0.1) is 42.7 Å². The van der Waals surface area contributed by atoms with Crippen molar-refractivity contribution in [2.24, 2.45) is 0 Å². The summed E-state index contributed by atoms with van der Waals surface area (Å²) in [6.07, 6.45) is 11.9. The standard InChI is InChI=1S/C42H48N4O6S.3ClH/c1-47-37-18-30(19-38(48-2)41(37)51-5)32-16-28(22-43-24-32)26-45-14-12-35(13-15-45)46(34-8-10-36(53-7)11-9-34)27-29-17-33(25-44-23-29)31-20-39(49-3)42(52-6)40(21-31)50-4;;;/h8-11,16-25,35H,12-15,26-27H2,1-7H3;3*1H. The number of aromatic nitrogens is 2. The number of likely N-dealkylation sites (tertiary alicyclic amines) is 1. The molecule has 0 amide bonds. The highest BCUT2D eigenvalue weighted by Crippen LogP contribution is 2.42. The van der Waals surface area contributed by atoms with Crippen molar-refractivity contribution in [3.63, 3.8) is 0 Å². The van der Waals surface area contributed by atoms with Crippen LogP contribution in [0.1, 0.15) is 24.0 Å². The maximum atomic E-state index is 5.63. The Morgan fingerprint density at radius 2 is 1.04 bits per heavy atom. The second-order valence-electron chi connectivity index (χ2n) is 12.8. The lowest BCUT2D eigenvalue weighted by molar-refractivity contribution is 0.200. The van der Waals surface area contributed by atoms with Gasteiger partial charge in [-0.25, -0.2) is 0 Å². The summed E-state index contributed by atoms with van der Waals surface area (Å²) in [5.74, 6) is 3.59. The van der Waals surface area contributed by atoms with Crippen molar-refractivity contribution in [3.8, 4) is 56.8 Å². The Labute approximate surface area is 353 Å². The Hall–Kier alpha value is -4.26. The summed E-state index contributed by atoms with van der Waals surface area (Å²) in [6.45, 7) is 3.50. The molecule has 1 saturated heterocycles. The fourth-order valence-corrected chi connectivity index (χ4v) is 7.42. The molecule has 14 heteroatoms. The van der Waals surface area contributed by atoms with Gasteiger partial charge in [-0.1, -0.05) is 0 Å². The monoisotopic (exact) mass is 844 g/mol. The van der Waals surface area contributed by atoms with Crippen LogP contribution in [0.25, 0.3) is 22.3 Å². The van der Waals surface area contributed by atoms with Gasteiger partial charge in [-0.15, -0.1) is 49.0 Å². The number of ether oxygens (including phenoxy) is 6. The molecule has 1 fully saturated rings. The zero-order valence-electron chi connectivity index (χ0n) is 32.8. The Balaban J connectivity index is 0.00000280. The molecule has 0 spiro atoms. The van der Waals surface area contributed by atoms with E-state index >= 15 is 0 Å². The number of rotatable bonds is 15. The number of nitrogens with zero attached hydrogens (tertiary/aromatic N) is 4. The molecule has 0 aliphatic carbocycles. The molecule has 6 rings (SSSR count). The van der Waals surface area contributed by atoms with Crippen molar-refractivity contribution in [2.45, 2.75) is 36.9 Å². The van der Waals surface area contributed by atoms with Gasteiger partial charge in [-0.05, 0) is 102 Å². The molecule has 10 nitrogen and oxygen atoms in total. The van der Waals surface area contributed by atoms with Crippen LogP contribution in [0.4, 0.5) is 5.69 Å². The van der Waals surface area contributed by atoms with Crippen LogP contribution in [0.5, 0.6) is 34.5 Å². The molecule has 3 aromatic carbocycles. The molecule has 0 radical (unpaired) electrons. The van der Waals surface area contributed by atoms with E-state index in [2.05, 4.69) is 62.4 Å². The van der Waals surface area contributed by atoms with E-state index in [4.69, 9.17) is 28.4 Å². The first-order valence-electron chi connectivity index (χ1n) is 17.5. The zero-order chi connectivity index (χ0) is 37.3. The van der Waals surface area contributed by atoms with Crippen molar-refractivity contribution < 1.29 is 28.4 Å².